The summed E-state index contributed by atoms with van der Waals surface area (Å²) < 4.78 is 5.28. The van der Waals surface area contributed by atoms with Crippen molar-refractivity contribution in [3.63, 3.8) is 0 Å². The van der Waals surface area contributed by atoms with Crippen molar-refractivity contribution >= 4 is 5.97 Å². The van der Waals surface area contributed by atoms with Crippen LogP contribution in [0.3, 0.4) is 0 Å². The van der Waals surface area contributed by atoms with Crippen LogP contribution < -0.4 is 0 Å². The van der Waals surface area contributed by atoms with Gasteiger partial charge in [-0.2, -0.15) is 0 Å². The zero-order chi connectivity index (χ0) is 12.3. The highest BCUT2D eigenvalue weighted by molar-refractivity contribution is 5.76. The van der Waals surface area contributed by atoms with Gasteiger partial charge in [-0.05, 0) is 38.8 Å². The molecular weight excluding hydrogens is 218 g/mol. The van der Waals surface area contributed by atoms with Gasteiger partial charge < -0.3 is 9.84 Å². The number of hydrogen-bond acceptors (Lipinski definition) is 3. The maximum Gasteiger partial charge on any atom is 0.311 e. The molecule has 4 heteroatoms. The first kappa shape index (κ1) is 12.8. The van der Waals surface area contributed by atoms with Crippen LogP contribution in [0.1, 0.15) is 38.5 Å². The third-order valence-electron chi connectivity index (χ3n) is 4.47. The van der Waals surface area contributed by atoms with Crippen molar-refractivity contribution < 1.29 is 14.6 Å². The van der Waals surface area contributed by atoms with Gasteiger partial charge in [0.25, 0.3) is 0 Å². The quantitative estimate of drug-likeness (QED) is 0.796. The summed E-state index contributed by atoms with van der Waals surface area (Å²) in [5.74, 6) is -0.628. The molecule has 98 valence electrons. The molecule has 2 aliphatic rings. The van der Waals surface area contributed by atoms with Crippen LogP contribution in [-0.4, -0.2) is 48.8 Å². The predicted octanol–water partition coefficient (Wildman–Crippen LogP) is 1.74. The molecular formula is C13H23NO3. The topological polar surface area (TPSA) is 49.8 Å². The van der Waals surface area contributed by atoms with Crippen LogP contribution >= 0.6 is 0 Å². The van der Waals surface area contributed by atoms with Crippen molar-refractivity contribution in [2.24, 2.45) is 5.41 Å². The molecule has 17 heavy (non-hydrogen) atoms. The van der Waals surface area contributed by atoms with Crippen molar-refractivity contribution in [2.45, 2.75) is 44.6 Å². The highest BCUT2D eigenvalue weighted by atomic mass is 16.5. The van der Waals surface area contributed by atoms with Gasteiger partial charge in [-0.25, -0.2) is 0 Å². The van der Waals surface area contributed by atoms with Crippen LogP contribution in [0.4, 0.5) is 0 Å². The third-order valence-corrected chi connectivity index (χ3v) is 4.47. The SMILES string of the molecule is COCC(N1CCCCC1)C1(C(=O)O)CCC1. The molecule has 1 aliphatic carbocycles. The first-order valence-corrected chi connectivity index (χ1v) is 6.67. The van der Waals surface area contributed by atoms with Crippen molar-refractivity contribution in [1.29, 1.82) is 0 Å². The highest BCUT2D eigenvalue weighted by Crippen LogP contribution is 2.46. The van der Waals surface area contributed by atoms with Crippen molar-refractivity contribution in [2.75, 3.05) is 26.8 Å². The number of likely N-dealkylation sites (tertiary alicyclic amines) is 1. The predicted molar refractivity (Wildman–Crippen MR) is 65.0 cm³/mol. The van der Waals surface area contributed by atoms with Crippen LogP contribution in [0.25, 0.3) is 0 Å². The molecule has 1 aliphatic heterocycles. The van der Waals surface area contributed by atoms with Gasteiger partial charge in [0.15, 0.2) is 0 Å². The van der Waals surface area contributed by atoms with E-state index in [2.05, 4.69) is 4.90 Å². The second-order valence-electron chi connectivity index (χ2n) is 5.38. The summed E-state index contributed by atoms with van der Waals surface area (Å²) in [4.78, 5) is 13.9. The number of piperidine rings is 1. The minimum atomic E-state index is -0.628. The van der Waals surface area contributed by atoms with Gasteiger partial charge in [0.2, 0.25) is 0 Å². The maximum atomic E-state index is 11.6. The summed E-state index contributed by atoms with van der Waals surface area (Å²) in [5, 5.41) is 9.53. The number of ether oxygens (including phenoxy) is 1. The lowest BCUT2D eigenvalue weighted by molar-refractivity contribution is -0.164. The number of carboxylic acid groups (broad SMARTS) is 1. The van der Waals surface area contributed by atoms with E-state index >= 15 is 0 Å². The maximum absolute atomic E-state index is 11.6. The average Bonchev–Trinajstić information content (AvgIpc) is 2.27. The second-order valence-corrected chi connectivity index (χ2v) is 5.38. The van der Waals surface area contributed by atoms with E-state index in [4.69, 9.17) is 4.74 Å². The highest BCUT2D eigenvalue weighted by Gasteiger charge is 2.52. The zero-order valence-electron chi connectivity index (χ0n) is 10.7. The Morgan fingerprint density at radius 3 is 2.35 bits per heavy atom. The van der Waals surface area contributed by atoms with E-state index in [0.29, 0.717) is 6.61 Å². The molecule has 0 aromatic rings. The molecule has 1 unspecified atom stereocenters. The lowest BCUT2D eigenvalue weighted by Gasteiger charge is -2.49. The van der Waals surface area contributed by atoms with Gasteiger partial charge >= 0.3 is 5.97 Å². The largest absolute Gasteiger partial charge is 0.481 e. The normalized spacial score (nSPS) is 26.2. The van der Waals surface area contributed by atoms with Gasteiger partial charge in [-0.1, -0.05) is 12.8 Å². The summed E-state index contributed by atoms with van der Waals surface area (Å²) in [6.07, 6.45) is 6.32. The van der Waals surface area contributed by atoms with Crippen LogP contribution in [0.2, 0.25) is 0 Å². The minimum absolute atomic E-state index is 0.0686. The number of nitrogens with zero attached hydrogens (tertiary/aromatic N) is 1. The smallest absolute Gasteiger partial charge is 0.311 e. The Hall–Kier alpha value is -0.610. The number of methoxy groups -OCH3 is 1. The molecule has 0 aromatic heterocycles. The van der Waals surface area contributed by atoms with Crippen LogP contribution in [0.5, 0.6) is 0 Å². The Bertz CT molecular complexity index is 270. The molecule has 0 bridgehead atoms. The van der Waals surface area contributed by atoms with E-state index in [9.17, 15) is 9.90 Å². The van der Waals surface area contributed by atoms with Gasteiger partial charge in [0.05, 0.1) is 12.0 Å². The molecule has 4 nitrogen and oxygen atoms in total. The van der Waals surface area contributed by atoms with Gasteiger partial charge in [0, 0.05) is 13.2 Å². The van der Waals surface area contributed by atoms with Crippen molar-refractivity contribution in [3.8, 4) is 0 Å². The molecule has 1 saturated carbocycles. The van der Waals surface area contributed by atoms with E-state index in [1.54, 1.807) is 7.11 Å². The third kappa shape index (κ3) is 2.33. The van der Waals surface area contributed by atoms with Gasteiger partial charge in [0.1, 0.15) is 0 Å². The lowest BCUT2D eigenvalue weighted by atomic mass is 9.63. The zero-order valence-corrected chi connectivity index (χ0v) is 10.7. The van der Waals surface area contributed by atoms with E-state index in [0.717, 1.165) is 32.4 Å². The Labute approximate surface area is 103 Å². The molecule has 0 spiro atoms. The molecule has 0 amide bonds. The minimum Gasteiger partial charge on any atom is -0.481 e. The van der Waals surface area contributed by atoms with Crippen LogP contribution in [0.15, 0.2) is 0 Å². The summed E-state index contributed by atoms with van der Waals surface area (Å²) in [6.45, 7) is 2.61. The van der Waals surface area contributed by atoms with E-state index < -0.39 is 11.4 Å². The molecule has 2 rings (SSSR count). The average molecular weight is 241 g/mol. The van der Waals surface area contributed by atoms with Gasteiger partial charge in [-0.15, -0.1) is 0 Å². The lowest BCUT2D eigenvalue weighted by Crippen LogP contribution is -2.58. The van der Waals surface area contributed by atoms with E-state index in [-0.39, 0.29) is 6.04 Å². The van der Waals surface area contributed by atoms with Crippen molar-refractivity contribution in [1.82, 2.24) is 4.90 Å². The fourth-order valence-corrected chi connectivity index (χ4v) is 3.25. The Balaban J connectivity index is 2.11. The number of rotatable bonds is 5. The molecule has 1 heterocycles. The van der Waals surface area contributed by atoms with Crippen LogP contribution in [0, 0.1) is 5.41 Å². The molecule has 1 N–H and O–H groups in total. The van der Waals surface area contributed by atoms with Crippen molar-refractivity contribution in [3.05, 3.63) is 0 Å². The number of carbonyl (C=O) groups is 1. The standard InChI is InChI=1S/C13H23NO3/c1-17-10-11(14-8-3-2-4-9-14)13(12(15)16)6-5-7-13/h11H,2-10H2,1H3,(H,15,16). The molecule has 1 atom stereocenters. The number of aliphatic carboxylic acids is 1. The molecule has 0 aromatic carbocycles. The summed E-state index contributed by atoms with van der Waals surface area (Å²) >= 11 is 0. The second kappa shape index (κ2) is 5.36. The Morgan fingerprint density at radius 2 is 1.94 bits per heavy atom. The van der Waals surface area contributed by atoms with Gasteiger partial charge in [-0.3, -0.25) is 9.69 Å². The molecule has 1 saturated heterocycles. The van der Waals surface area contributed by atoms with Crippen LogP contribution in [-0.2, 0) is 9.53 Å². The molecule has 2 fully saturated rings. The Kier molecular flexibility index (Phi) is 4.05. The number of carboxylic acids is 1. The summed E-state index contributed by atoms with van der Waals surface area (Å²) in [5.41, 5.74) is -0.534. The first-order chi connectivity index (χ1) is 8.20. The summed E-state index contributed by atoms with van der Waals surface area (Å²) in [7, 11) is 1.67. The summed E-state index contributed by atoms with van der Waals surface area (Å²) in [6, 6.07) is 0.0686. The van der Waals surface area contributed by atoms with E-state index in [1.165, 1.54) is 19.3 Å². The molecule has 0 radical (unpaired) electrons. The number of hydrogen-bond donors (Lipinski definition) is 1. The fourth-order valence-electron chi connectivity index (χ4n) is 3.25. The monoisotopic (exact) mass is 241 g/mol. The van der Waals surface area contributed by atoms with E-state index in [1.807, 2.05) is 0 Å². The first-order valence-electron chi connectivity index (χ1n) is 6.67. The Morgan fingerprint density at radius 1 is 1.29 bits per heavy atom. The fraction of sp³-hybridized carbons (Fsp3) is 0.923.